The van der Waals surface area contributed by atoms with E-state index in [2.05, 4.69) is 0 Å². The van der Waals surface area contributed by atoms with Crippen molar-refractivity contribution < 1.29 is 14.3 Å². The fourth-order valence-electron chi connectivity index (χ4n) is 3.55. The highest BCUT2D eigenvalue weighted by Gasteiger charge is 2.25. The molecule has 1 heterocycles. The van der Waals surface area contributed by atoms with Crippen LogP contribution in [0.15, 0.2) is 42.5 Å². The molecule has 6 heteroatoms. The monoisotopic (exact) mass is 414 g/mol. The van der Waals surface area contributed by atoms with E-state index in [4.69, 9.17) is 16.3 Å². The molecule has 2 amide bonds. The average molecular weight is 415 g/mol. The number of aryl methyl sites for hydroxylation is 2. The Kier molecular flexibility index (Phi) is 7.15. The number of para-hydroxylation sites is 1. The third-order valence-corrected chi connectivity index (χ3v) is 5.54. The van der Waals surface area contributed by atoms with Gasteiger partial charge in [-0.2, -0.15) is 0 Å². The lowest BCUT2D eigenvalue weighted by Gasteiger charge is -2.35. The number of benzene rings is 2. The third kappa shape index (κ3) is 5.30. The number of piperazine rings is 1. The number of carbonyl (C=O) groups excluding carboxylic acids is 2. The quantitative estimate of drug-likeness (QED) is 0.668. The molecule has 1 saturated heterocycles. The van der Waals surface area contributed by atoms with Crippen LogP contribution in [0, 0.1) is 13.8 Å². The summed E-state index contributed by atoms with van der Waals surface area (Å²) in [6.07, 6.45) is 1.12. The number of hydrogen-bond donors (Lipinski definition) is 0. The SMILES string of the molecule is Cc1cccc(C)c1OCCCC(=O)N1CCN(C(=O)c2ccccc2Cl)CC1. The van der Waals surface area contributed by atoms with E-state index in [1.54, 1.807) is 29.2 Å². The number of halogens is 1. The molecule has 2 aromatic carbocycles. The molecule has 0 N–H and O–H groups in total. The lowest BCUT2D eigenvalue weighted by Crippen LogP contribution is -2.50. The van der Waals surface area contributed by atoms with Crippen molar-refractivity contribution in [2.75, 3.05) is 32.8 Å². The minimum Gasteiger partial charge on any atom is -0.493 e. The van der Waals surface area contributed by atoms with Crippen LogP contribution in [0.4, 0.5) is 0 Å². The molecule has 5 nitrogen and oxygen atoms in total. The molecule has 154 valence electrons. The molecule has 0 saturated carbocycles. The minimum atomic E-state index is -0.0790. The van der Waals surface area contributed by atoms with E-state index in [1.807, 2.05) is 36.9 Å². The summed E-state index contributed by atoms with van der Waals surface area (Å²) in [6.45, 7) is 6.71. The molecule has 29 heavy (non-hydrogen) atoms. The number of carbonyl (C=O) groups is 2. The van der Waals surface area contributed by atoms with Crippen molar-refractivity contribution >= 4 is 23.4 Å². The van der Waals surface area contributed by atoms with Gasteiger partial charge in [-0.25, -0.2) is 0 Å². The van der Waals surface area contributed by atoms with Crippen molar-refractivity contribution in [3.63, 3.8) is 0 Å². The van der Waals surface area contributed by atoms with Gasteiger partial charge in [0.15, 0.2) is 0 Å². The summed E-state index contributed by atoms with van der Waals surface area (Å²) in [5.41, 5.74) is 2.73. The van der Waals surface area contributed by atoms with E-state index in [0.717, 1.165) is 16.9 Å². The number of rotatable bonds is 6. The van der Waals surface area contributed by atoms with Gasteiger partial charge in [0.05, 0.1) is 17.2 Å². The molecule has 0 atom stereocenters. The highest BCUT2D eigenvalue weighted by Crippen LogP contribution is 2.22. The van der Waals surface area contributed by atoms with Crippen LogP contribution in [0.1, 0.15) is 34.3 Å². The smallest absolute Gasteiger partial charge is 0.255 e. The van der Waals surface area contributed by atoms with Crippen LogP contribution in [-0.4, -0.2) is 54.4 Å². The molecule has 0 aliphatic carbocycles. The molecule has 1 fully saturated rings. The largest absolute Gasteiger partial charge is 0.493 e. The van der Waals surface area contributed by atoms with E-state index in [1.165, 1.54) is 0 Å². The average Bonchev–Trinajstić information content (AvgIpc) is 2.72. The molecule has 0 unspecified atom stereocenters. The molecule has 3 rings (SSSR count). The van der Waals surface area contributed by atoms with Gasteiger partial charge < -0.3 is 14.5 Å². The van der Waals surface area contributed by atoms with Crippen LogP contribution in [-0.2, 0) is 4.79 Å². The zero-order valence-electron chi connectivity index (χ0n) is 17.0. The van der Waals surface area contributed by atoms with Gasteiger partial charge in [-0.3, -0.25) is 9.59 Å². The van der Waals surface area contributed by atoms with Crippen molar-refractivity contribution in [3.05, 3.63) is 64.2 Å². The summed E-state index contributed by atoms with van der Waals surface area (Å²) in [6, 6.07) is 13.1. The molecule has 0 aromatic heterocycles. The summed E-state index contributed by atoms with van der Waals surface area (Å²) in [5.74, 6) is 0.941. The Labute approximate surface area is 177 Å². The van der Waals surface area contributed by atoms with E-state index >= 15 is 0 Å². The Morgan fingerprint density at radius 3 is 2.21 bits per heavy atom. The standard InChI is InChI=1S/C23H27ClN2O3/c1-17-7-5-8-18(2)22(17)29-16-6-11-21(27)25-12-14-26(15-13-25)23(28)19-9-3-4-10-20(19)24/h3-5,7-10H,6,11-16H2,1-2H3. The second kappa shape index (κ2) is 9.79. The number of nitrogens with zero attached hydrogens (tertiary/aromatic N) is 2. The maximum Gasteiger partial charge on any atom is 0.255 e. The molecule has 0 radical (unpaired) electrons. The molecule has 0 bridgehead atoms. The van der Waals surface area contributed by atoms with Crippen LogP contribution < -0.4 is 4.74 Å². The Hall–Kier alpha value is -2.53. The third-order valence-electron chi connectivity index (χ3n) is 5.21. The lowest BCUT2D eigenvalue weighted by molar-refractivity contribution is -0.132. The van der Waals surface area contributed by atoms with Crippen LogP contribution in [0.25, 0.3) is 0 Å². The molecular weight excluding hydrogens is 388 g/mol. The van der Waals surface area contributed by atoms with E-state index in [9.17, 15) is 9.59 Å². The zero-order valence-corrected chi connectivity index (χ0v) is 17.7. The molecule has 1 aliphatic rings. The van der Waals surface area contributed by atoms with E-state index in [0.29, 0.717) is 56.2 Å². The summed E-state index contributed by atoms with van der Waals surface area (Å²) < 4.78 is 5.88. The van der Waals surface area contributed by atoms with Gasteiger partial charge >= 0.3 is 0 Å². The van der Waals surface area contributed by atoms with Crippen molar-refractivity contribution in [2.45, 2.75) is 26.7 Å². The normalized spacial score (nSPS) is 14.0. The van der Waals surface area contributed by atoms with Crippen LogP contribution in [0.5, 0.6) is 5.75 Å². The van der Waals surface area contributed by atoms with Gasteiger partial charge in [-0.1, -0.05) is 41.9 Å². The first kappa shape index (κ1) is 21.2. The first-order chi connectivity index (χ1) is 14.0. The summed E-state index contributed by atoms with van der Waals surface area (Å²) in [4.78, 5) is 28.7. The highest BCUT2D eigenvalue weighted by atomic mass is 35.5. The van der Waals surface area contributed by atoms with Crippen LogP contribution >= 0.6 is 11.6 Å². The second-order valence-electron chi connectivity index (χ2n) is 7.33. The van der Waals surface area contributed by atoms with Gasteiger partial charge in [-0.15, -0.1) is 0 Å². The van der Waals surface area contributed by atoms with Gasteiger partial charge in [0.1, 0.15) is 5.75 Å². The van der Waals surface area contributed by atoms with Gasteiger partial charge in [0.2, 0.25) is 5.91 Å². The molecule has 2 aromatic rings. The van der Waals surface area contributed by atoms with Gasteiger partial charge in [0, 0.05) is 32.6 Å². The first-order valence-electron chi connectivity index (χ1n) is 9.98. The van der Waals surface area contributed by atoms with E-state index in [-0.39, 0.29) is 11.8 Å². The van der Waals surface area contributed by atoms with E-state index < -0.39 is 0 Å². The number of hydrogen-bond acceptors (Lipinski definition) is 3. The zero-order chi connectivity index (χ0) is 20.8. The van der Waals surface area contributed by atoms with Gasteiger partial charge in [-0.05, 0) is 43.5 Å². The van der Waals surface area contributed by atoms with Crippen LogP contribution in [0.2, 0.25) is 5.02 Å². The molecular formula is C23H27ClN2O3. The van der Waals surface area contributed by atoms with Gasteiger partial charge in [0.25, 0.3) is 5.91 Å². The maximum atomic E-state index is 12.6. The topological polar surface area (TPSA) is 49.9 Å². The lowest BCUT2D eigenvalue weighted by atomic mass is 10.1. The molecule has 0 spiro atoms. The summed E-state index contributed by atoms with van der Waals surface area (Å²) in [5, 5.41) is 0.458. The van der Waals surface area contributed by atoms with Crippen molar-refractivity contribution in [1.29, 1.82) is 0 Å². The van der Waals surface area contributed by atoms with Crippen molar-refractivity contribution in [2.24, 2.45) is 0 Å². The Balaban J connectivity index is 1.42. The van der Waals surface area contributed by atoms with Crippen LogP contribution in [0.3, 0.4) is 0 Å². The highest BCUT2D eigenvalue weighted by molar-refractivity contribution is 6.33. The Morgan fingerprint density at radius 1 is 0.931 bits per heavy atom. The summed E-state index contributed by atoms with van der Waals surface area (Å²) in [7, 11) is 0. The Bertz CT molecular complexity index is 856. The first-order valence-corrected chi connectivity index (χ1v) is 10.4. The molecule has 1 aliphatic heterocycles. The fraction of sp³-hybridized carbons (Fsp3) is 0.391. The minimum absolute atomic E-state index is 0.0790. The predicted molar refractivity (Wildman–Crippen MR) is 115 cm³/mol. The van der Waals surface area contributed by atoms with Crippen molar-refractivity contribution in [1.82, 2.24) is 9.80 Å². The number of amides is 2. The predicted octanol–water partition coefficient (Wildman–Crippen LogP) is 4.10. The second-order valence-corrected chi connectivity index (χ2v) is 7.73. The Morgan fingerprint density at radius 2 is 1.55 bits per heavy atom. The van der Waals surface area contributed by atoms with Crippen molar-refractivity contribution in [3.8, 4) is 5.75 Å². The number of ether oxygens (including phenoxy) is 1. The summed E-state index contributed by atoms with van der Waals surface area (Å²) >= 11 is 6.13. The maximum absolute atomic E-state index is 12.6. The fourth-order valence-corrected chi connectivity index (χ4v) is 3.76.